The summed E-state index contributed by atoms with van der Waals surface area (Å²) >= 11 is 0. The Bertz CT molecular complexity index is 1660. The monoisotopic (exact) mass is 562 g/mol. The molecule has 0 bridgehead atoms. The summed E-state index contributed by atoms with van der Waals surface area (Å²) < 4.78 is 32.1. The van der Waals surface area contributed by atoms with Gasteiger partial charge in [0.1, 0.15) is 23.1 Å². The number of nitrogens with zero attached hydrogens (tertiary/aromatic N) is 6. The molecule has 1 N–H and O–H groups in total. The fourth-order valence-corrected chi connectivity index (χ4v) is 5.58. The smallest absolute Gasteiger partial charge is 0.355 e. The topological polar surface area (TPSA) is 104 Å². The van der Waals surface area contributed by atoms with Gasteiger partial charge in [-0.1, -0.05) is 33.4 Å². The molecule has 0 saturated carbocycles. The molecule has 4 heterocycles. The number of pyridine rings is 1. The lowest BCUT2D eigenvalue weighted by Crippen LogP contribution is -2.54. The van der Waals surface area contributed by atoms with Gasteiger partial charge in [0.2, 0.25) is 5.91 Å². The highest BCUT2D eigenvalue weighted by Crippen LogP contribution is 2.38. The summed E-state index contributed by atoms with van der Waals surface area (Å²) in [5, 5.41) is 10.7. The molecule has 3 aromatic rings. The van der Waals surface area contributed by atoms with E-state index in [0.29, 0.717) is 37.4 Å². The third-order valence-electron chi connectivity index (χ3n) is 7.62. The van der Waals surface area contributed by atoms with Gasteiger partial charge in [0.25, 0.3) is 0 Å². The van der Waals surface area contributed by atoms with E-state index >= 15 is 4.39 Å². The maximum absolute atomic E-state index is 15.8. The van der Waals surface area contributed by atoms with Crippen LogP contribution in [-0.2, 0) is 4.79 Å². The first-order valence-electron chi connectivity index (χ1n) is 13.6. The van der Waals surface area contributed by atoms with Crippen LogP contribution in [0.15, 0.2) is 52.4 Å². The average molecular weight is 563 g/mol. The average Bonchev–Trinajstić information content (AvgIpc) is 2.93. The highest BCUT2D eigenvalue weighted by Gasteiger charge is 2.32. The van der Waals surface area contributed by atoms with Crippen LogP contribution in [0.4, 0.5) is 14.6 Å². The van der Waals surface area contributed by atoms with Crippen LogP contribution in [0.2, 0.25) is 0 Å². The molecule has 2 aromatic heterocycles. The SMILES string of the molecule is C=CC(=O)N1CCN(c2nc(=O)n(C3=C(C(C)C)N=CCC3C)c3nc(-c4c(O)cccc4F)c(F)cc23)[C@@H](C)C1. The van der Waals surface area contributed by atoms with Crippen molar-refractivity contribution in [3.05, 3.63) is 64.7 Å². The first kappa shape index (κ1) is 28.1. The molecule has 0 spiro atoms. The number of aliphatic imine (C=N–C) groups is 1. The molecule has 0 aliphatic carbocycles. The Labute approximate surface area is 236 Å². The van der Waals surface area contributed by atoms with Crippen molar-refractivity contribution in [2.45, 2.75) is 40.2 Å². The number of benzene rings is 1. The lowest BCUT2D eigenvalue weighted by atomic mass is 9.95. The van der Waals surface area contributed by atoms with Crippen LogP contribution in [0.1, 0.15) is 34.1 Å². The summed E-state index contributed by atoms with van der Waals surface area (Å²) in [6.07, 6.45) is 3.63. The lowest BCUT2D eigenvalue weighted by Gasteiger charge is -2.40. The van der Waals surface area contributed by atoms with Crippen LogP contribution < -0.4 is 10.6 Å². The van der Waals surface area contributed by atoms with Gasteiger partial charge in [-0.05, 0) is 43.5 Å². The van der Waals surface area contributed by atoms with Gasteiger partial charge in [-0.2, -0.15) is 4.98 Å². The number of carbonyl (C=O) groups is 1. The number of rotatable bonds is 5. The zero-order valence-electron chi connectivity index (χ0n) is 23.4. The summed E-state index contributed by atoms with van der Waals surface area (Å²) in [7, 11) is 0. The molecule has 1 unspecified atom stereocenters. The van der Waals surface area contributed by atoms with E-state index < -0.39 is 34.3 Å². The molecule has 5 rings (SSSR count). The van der Waals surface area contributed by atoms with E-state index in [0.717, 1.165) is 6.07 Å². The molecule has 1 fully saturated rings. The summed E-state index contributed by atoms with van der Waals surface area (Å²) in [4.78, 5) is 43.2. The number of hydrogen-bond donors (Lipinski definition) is 1. The molecule has 11 heteroatoms. The number of aromatic hydroxyl groups is 1. The van der Waals surface area contributed by atoms with Gasteiger partial charge in [-0.25, -0.2) is 23.1 Å². The molecular formula is C30H32F2N6O3. The van der Waals surface area contributed by atoms with Gasteiger partial charge < -0.3 is 14.9 Å². The van der Waals surface area contributed by atoms with E-state index in [1.165, 1.54) is 28.8 Å². The normalized spacial score (nSPS) is 19.4. The molecule has 9 nitrogen and oxygen atoms in total. The zero-order chi connectivity index (χ0) is 29.6. The Morgan fingerprint density at radius 3 is 2.59 bits per heavy atom. The third kappa shape index (κ3) is 4.89. The second-order valence-electron chi connectivity index (χ2n) is 10.8. The predicted molar refractivity (Wildman–Crippen MR) is 155 cm³/mol. The Hall–Kier alpha value is -4.41. The molecule has 2 atom stereocenters. The van der Waals surface area contributed by atoms with E-state index in [9.17, 15) is 19.1 Å². The summed E-state index contributed by atoms with van der Waals surface area (Å²) in [5.74, 6) is -2.38. The van der Waals surface area contributed by atoms with E-state index in [2.05, 4.69) is 21.5 Å². The minimum absolute atomic E-state index is 0.0448. The molecule has 214 valence electrons. The number of fused-ring (bicyclic) bond motifs is 1. The van der Waals surface area contributed by atoms with Crippen molar-refractivity contribution in [1.29, 1.82) is 0 Å². The lowest BCUT2D eigenvalue weighted by molar-refractivity contribution is -0.126. The molecule has 1 saturated heterocycles. The van der Waals surface area contributed by atoms with Crippen LogP contribution in [-0.4, -0.2) is 62.3 Å². The number of allylic oxidation sites excluding steroid dienone is 2. The van der Waals surface area contributed by atoms with Gasteiger partial charge in [0.05, 0.1) is 22.3 Å². The highest BCUT2D eigenvalue weighted by atomic mass is 19.1. The quantitative estimate of drug-likeness (QED) is 0.456. The van der Waals surface area contributed by atoms with E-state index in [1.807, 2.05) is 32.6 Å². The molecule has 2 aliphatic heterocycles. The first-order valence-corrected chi connectivity index (χ1v) is 13.6. The van der Waals surface area contributed by atoms with Crippen molar-refractivity contribution in [2.75, 3.05) is 24.5 Å². The van der Waals surface area contributed by atoms with Crippen molar-refractivity contribution in [3.63, 3.8) is 0 Å². The Morgan fingerprint density at radius 2 is 1.93 bits per heavy atom. The van der Waals surface area contributed by atoms with Crippen molar-refractivity contribution in [3.8, 4) is 17.0 Å². The molecular weight excluding hydrogens is 530 g/mol. The van der Waals surface area contributed by atoms with Crippen LogP contribution in [0.25, 0.3) is 28.0 Å². The van der Waals surface area contributed by atoms with Crippen LogP contribution in [0, 0.1) is 23.5 Å². The number of halogens is 2. The summed E-state index contributed by atoms with van der Waals surface area (Å²) in [6, 6.07) is 4.58. The van der Waals surface area contributed by atoms with Crippen molar-refractivity contribution < 1.29 is 18.7 Å². The first-order chi connectivity index (χ1) is 19.5. The number of phenolic OH excluding ortho intramolecular Hbond substituents is 1. The molecule has 2 aliphatic rings. The molecule has 1 amide bonds. The van der Waals surface area contributed by atoms with Crippen molar-refractivity contribution >= 4 is 34.7 Å². The number of piperazine rings is 1. The maximum atomic E-state index is 15.8. The standard InChI is InChI=1S/C30H32F2N6O3/c1-6-23(40)36-12-13-37(18(5)15-36)28-19-14-21(32)26(24-20(31)8-7-9-22(24)39)34-29(19)38(30(41)35-28)27-17(4)10-11-33-25(27)16(2)3/h6-9,11,14,16-18,39H,1,10,12-13,15H2,2-5H3/t17?,18-/m0/s1. The predicted octanol–water partition coefficient (Wildman–Crippen LogP) is 4.60. The van der Waals surface area contributed by atoms with E-state index in [1.54, 1.807) is 11.1 Å². The molecule has 0 radical (unpaired) electrons. The number of aromatic nitrogens is 3. The second-order valence-corrected chi connectivity index (χ2v) is 10.8. The summed E-state index contributed by atoms with van der Waals surface area (Å²) in [6.45, 7) is 12.4. The number of phenols is 1. The number of amides is 1. The maximum Gasteiger partial charge on any atom is 0.355 e. The Kier molecular flexibility index (Phi) is 7.46. The van der Waals surface area contributed by atoms with Gasteiger partial charge in [0.15, 0.2) is 11.5 Å². The van der Waals surface area contributed by atoms with Gasteiger partial charge in [-0.15, -0.1) is 0 Å². The second kappa shape index (κ2) is 10.9. The van der Waals surface area contributed by atoms with Crippen molar-refractivity contribution in [2.24, 2.45) is 16.8 Å². The van der Waals surface area contributed by atoms with Gasteiger partial charge >= 0.3 is 5.69 Å². The minimum Gasteiger partial charge on any atom is -0.507 e. The molecule has 41 heavy (non-hydrogen) atoms. The Balaban J connectivity index is 1.82. The van der Waals surface area contributed by atoms with Gasteiger partial charge in [-0.3, -0.25) is 9.79 Å². The third-order valence-corrected chi connectivity index (χ3v) is 7.62. The number of hydrogen-bond acceptors (Lipinski definition) is 7. The minimum atomic E-state index is -0.882. The number of carbonyl (C=O) groups excluding carboxylic acids is 1. The fraction of sp³-hybridized carbons (Fsp3) is 0.367. The van der Waals surface area contributed by atoms with Crippen LogP contribution in [0.3, 0.4) is 0 Å². The van der Waals surface area contributed by atoms with Crippen LogP contribution >= 0.6 is 0 Å². The fourth-order valence-electron chi connectivity index (χ4n) is 5.58. The Morgan fingerprint density at radius 1 is 1.17 bits per heavy atom. The largest absolute Gasteiger partial charge is 0.507 e. The zero-order valence-corrected chi connectivity index (χ0v) is 23.4. The van der Waals surface area contributed by atoms with E-state index in [-0.39, 0.29) is 40.6 Å². The van der Waals surface area contributed by atoms with Crippen molar-refractivity contribution in [1.82, 2.24) is 19.4 Å². The highest BCUT2D eigenvalue weighted by molar-refractivity contribution is 5.92. The van der Waals surface area contributed by atoms with E-state index in [4.69, 9.17) is 0 Å². The van der Waals surface area contributed by atoms with Gasteiger partial charge in [0, 0.05) is 37.8 Å². The van der Waals surface area contributed by atoms with Crippen LogP contribution in [0.5, 0.6) is 5.75 Å². The number of anilines is 1. The summed E-state index contributed by atoms with van der Waals surface area (Å²) in [5.41, 5.74) is -0.118. The molecule has 1 aromatic carbocycles.